The second-order valence-corrected chi connectivity index (χ2v) is 7.11. The van der Waals surface area contributed by atoms with Gasteiger partial charge in [-0.1, -0.05) is 30.3 Å². The molecule has 3 rings (SSSR count). The van der Waals surface area contributed by atoms with Crippen LogP contribution in [0.15, 0.2) is 42.5 Å². The monoisotopic (exact) mass is 358 g/mol. The van der Waals surface area contributed by atoms with Crippen LogP contribution in [-0.4, -0.2) is 29.8 Å². The van der Waals surface area contributed by atoms with Gasteiger partial charge >= 0.3 is 0 Å². The van der Waals surface area contributed by atoms with Gasteiger partial charge in [-0.3, -0.25) is 0 Å². The number of nitrogens with one attached hydrogen (secondary N) is 2. The van der Waals surface area contributed by atoms with Crippen LogP contribution in [0.3, 0.4) is 0 Å². The van der Waals surface area contributed by atoms with Crippen molar-refractivity contribution >= 4 is 23.0 Å². The van der Waals surface area contributed by atoms with Crippen LogP contribution in [0.2, 0.25) is 0 Å². The van der Waals surface area contributed by atoms with E-state index in [1.807, 2.05) is 18.2 Å². The molecule has 0 aromatic heterocycles. The van der Waals surface area contributed by atoms with E-state index in [1.165, 1.54) is 22.1 Å². The molecule has 0 spiro atoms. The summed E-state index contributed by atoms with van der Waals surface area (Å²) >= 11 is 5.63. The summed E-state index contributed by atoms with van der Waals surface area (Å²) in [6.45, 7) is 7.67. The second kappa shape index (κ2) is 7.93. The van der Waals surface area contributed by atoms with E-state index in [9.17, 15) is 4.39 Å². The zero-order valence-electron chi connectivity index (χ0n) is 14.8. The average Bonchev–Trinajstić information content (AvgIpc) is 2.61. The molecular weight excluding hydrogens is 333 g/mol. The first kappa shape index (κ1) is 17.8. The van der Waals surface area contributed by atoms with Crippen LogP contribution in [0.25, 0.3) is 0 Å². The van der Waals surface area contributed by atoms with Gasteiger partial charge in [0.1, 0.15) is 12.4 Å². The Balaban J connectivity index is 1.63. The summed E-state index contributed by atoms with van der Waals surface area (Å²) in [5.74, 6) is -0.122. The molecular formula is C20H25FN3S+. The van der Waals surface area contributed by atoms with Gasteiger partial charge in [-0.25, -0.2) is 4.39 Å². The molecule has 1 fully saturated rings. The lowest BCUT2D eigenvalue weighted by molar-refractivity contribution is -0.927. The fraction of sp³-hybridized carbons (Fsp3) is 0.350. The lowest BCUT2D eigenvalue weighted by Crippen LogP contribution is -3.13. The van der Waals surface area contributed by atoms with Gasteiger partial charge in [0, 0.05) is 24.2 Å². The van der Waals surface area contributed by atoms with Crippen LogP contribution in [0.4, 0.5) is 10.1 Å². The van der Waals surface area contributed by atoms with E-state index in [0.29, 0.717) is 6.54 Å². The highest BCUT2D eigenvalue weighted by atomic mass is 32.1. The van der Waals surface area contributed by atoms with Gasteiger partial charge in [-0.2, -0.15) is 0 Å². The van der Waals surface area contributed by atoms with E-state index in [1.54, 1.807) is 6.07 Å². The van der Waals surface area contributed by atoms with Crippen molar-refractivity contribution in [3.63, 3.8) is 0 Å². The lowest BCUT2D eigenvalue weighted by atomic mass is 10.1. The Bertz CT molecular complexity index is 762. The number of benzene rings is 2. The summed E-state index contributed by atoms with van der Waals surface area (Å²) in [5, 5.41) is 4.14. The van der Waals surface area contributed by atoms with E-state index in [0.717, 1.165) is 42.5 Å². The molecule has 25 heavy (non-hydrogen) atoms. The number of hydrogen-bond donors (Lipinski definition) is 2. The van der Waals surface area contributed by atoms with Crippen LogP contribution in [0, 0.1) is 19.7 Å². The first-order valence-corrected chi connectivity index (χ1v) is 9.14. The van der Waals surface area contributed by atoms with Crippen molar-refractivity contribution in [3.8, 4) is 0 Å². The van der Waals surface area contributed by atoms with Gasteiger partial charge in [-0.15, -0.1) is 0 Å². The Hall–Kier alpha value is -1.98. The highest BCUT2D eigenvalue weighted by Gasteiger charge is 2.23. The Kier molecular flexibility index (Phi) is 5.66. The standard InChI is InChI=1S/C20H24FN3S/c1-15-7-5-10-19(16(15)2)22-20(25)24-12-6-11-23(14-24)13-17-8-3-4-9-18(17)21/h3-5,7-10H,6,11-14H2,1-2H3,(H,22,25)/p+1. The minimum atomic E-state index is -0.122. The number of rotatable bonds is 3. The summed E-state index contributed by atoms with van der Waals surface area (Å²) in [4.78, 5) is 3.53. The Morgan fingerprint density at radius 1 is 1.20 bits per heavy atom. The number of thiocarbonyl (C=S) groups is 1. The van der Waals surface area contributed by atoms with Crippen molar-refractivity contribution in [2.45, 2.75) is 26.8 Å². The molecule has 1 aliphatic heterocycles. The van der Waals surface area contributed by atoms with Crippen LogP contribution < -0.4 is 10.2 Å². The summed E-state index contributed by atoms with van der Waals surface area (Å²) in [5.41, 5.74) is 4.30. The quantitative estimate of drug-likeness (QED) is 0.823. The van der Waals surface area contributed by atoms with Gasteiger partial charge < -0.3 is 15.1 Å². The van der Waals surface area contributed by atoms with Crippen molar-refractivity contribution in [1.29, 1.82) is 0 Å². The molecule has 132 valence electrons. The molecule has 0 bridgehead atoms. The van der Waals surface area contributed by atoms with Crippen molar-refractivity contribution in [3.05, 3.63) is 65.0 Å². The number of quaternary nitrogens is 1. The first-order chi connectivity index (χ1) is 12.0. The van der Waals surface area contributed by atoms with Gasteiger partial charge in [0.15, 0.2) is 11.8 Å². The summed E-state index contributed by atoms with van der Waals surface area (Å²) in [6.07, 6.45) is 1.05. The normalized spacial score (nSPS) is 17.4. The van der Waals surface area contributed by atoms with Gasteiger partial charge in [0.2, 0.25) is 0 Å². The molecule has 2 aromatic rings. The maximum atomic E-state index is 13.9. The highest BCUT2D eigenvalue weighted by Crippen LogP contribution is 2.18. The van der Waals surface area contributed by atoms with Crippen molar-refractivity contribution in [2.24, 2.45) is 0 Å². The Morgan fingerprint density at radius 2 is 2.00 bits per heavy atom. The first-order valence-electron chi connectivity index (χ1n) is 8.73. The molecule has 1 aliphatic rings. The molecule has 0 amide bonds. The maximum Gasteiger partial charge on any atom is 0.177 e. The molecule has 0 radical (unpaired) electrons. The summed E-state index contributed by atoms with van der Waals surface area (Å²) < 4.78 is 13.9. The second-order valence-electron chi connectivity index (χ2n) is 6.72. The van der Waals surface area contributed by atoms with Gasteiger partial charge in [-0.05, 0) is 49.3 Å². The number of hydrogen-bond acceptors (Lipinski definition) is 1. The topological polar surface area (TPSA) is 19.7 Å². The third kappa shape index (κ3) is 4.35. The molecule has 1 unspecified atom stereocenters. The third-order valence-corrected chi connectivity index (χ3v) is 5.26. The number of nitrogens with zero attached hydrogens (tertiary/aromatic N) is 1. The fourth-order valence-electron chi connectivity index (χ4n) is 3.26. The van der Waals surface area contributed by atoms with Gasteiger partial charge in [0.25, 0.3) is 0 Å². The van der Waals surface area contributed by atoms with Crippen molar-refractivity contribution in [1.82, 2.24) is 4.90 Å². The lowest BCUT2D eigenvalue weighted by Gasteiger charge is -2.34. The van der Waals surface area contributed by atoms with E-state index >= 15 is 0 Å². The molecule has 1 heterocycles. The fourth-order valence-corrected chi connectivity index (χ4v) is 3.52. The van der Waals surface area contributed by atoms with Crippen molar-refractivity contribution < 1.29 is 9.29 Å². The van der Waals surface area contributed by atoms with E-state index in [2.05, 4.69) is 36.2 Å². The summed E-state index contributed by atoms with van der Waals surface area (Å²) in [6, 6.07) is 13.2. The highest BCUT2D eigenvalue weighted by molar-refractivity contribution is 7.80. The van der Waals surface area contributed by atoms with Crippen molar-refractivity contribution in [2.75, 3.05) is 25.1 Å². The molecule has 0 saturated carbocycles. The molecule has 1 saturated heterocycles. The molecule has 2 aromatic carbocycles. The molecule has 5 heteroatoms. The molecule has 0 aliphatic carbocycles. The van der Waals surface area contributed by atoms with E-state index < -0.39 is 0 Å². The largest absolute Gasteiger partial charge is 0.332 e. The minimum absolute atomic E-state index is 0.122. The summed E-state index contributed by atoms with van der Waals surface area (Å²) in [7, 11) is 0. The number of halogens is 1. The van der Waals surface area contributed by atoms with Crippen LogP contribution in [0.1, 0.15) is 23.1 Å². The van der Waals surface area contributed by atoms with Crippen LogP contribution in [0.5, 0.6) is 0 Å². The Morgan fingerprint density at radius 3 is 2.80 bits per heavy atom. The predicted molar refractivity (Wildman–Crippen MR) is 104 cm³/mol. The predicted octanol–water partition coefficient (Wildman–Crippen LogP) is 2.89. The smallest absolute Gasteiger partial charge is 0.177 e. The molecule has 1 atom stereocenters. The zero-order valence-corrected chi connectivity index (χ0v) is 15.6. The SMILES string of the molecule is Cc1cccc(NC(=S)N2CCC[NH+](Cc3ccccc3F)C2)c1C. The maximum absolute atomic E-state index is 13.9. The minimum Gasteiger partial charge on any atom is -0.332 e. The Labute approximate surface area is 154 Å². The van der Waals surface area contributed by atoms with E-state index in [4.69, 9.17) is 12.2 Å². The van der Waals surface area contributed by atoms with E-state index in [-0.39, 0.29) is 5.82 Å². The number of aryl methyl sites for hydroxylation is 1. The average molecular weight is 359 g/mol. The molecule has 3 nitrogen and oxygen atoms in total. The molecule has 2 N–H and O–H groups in total. The third-order valence-electron chi connectivity index (χ3n) is 4.90. The van der Waals surface area contributed by atoms with Crippen LogP contribution in [-0.2, 0) is 6.54 Å². The van der Waals surface area contributed by atoms with Crippen LogP contribution >= 0.6 is 12.2 Å². The van der Waals surface area contributed by atoms with Gasteiger partial charge in [0.05, 0.1) is 6.54 Å². The zero-order chi connectivity index (χ0) is 17.8. The number of anilines is 1.